The summed E-state index contributed by atoms with van der Waals surface area (Å²) < 4.78 is 43.2. The number of amides is 4. The monoisotopic (exact) mass is 1750 g/mol. The minimum absolute atomic E-state index is 0.0243. The van der Waals surface area contributed by atoms with Gasteiger partial charge in [0.25, 0.3) is 29.5 Å². The summed E-state index contributed by atoms with van der Waals surface area (Å²) >= 11 is 0. The number of aryl methyl sites for hydroxylation is 1. The molecule has 6 aliphatic rings. The SMILES string of the molecule is CO[C@H]1C[C@@H]2CCC[C@@](O)(O2)C(=O)C(=O)N2CCCC[C@H]2C(=O)O[C@H]([C@H](C)C[C@@H]2CC[C@@H](OC(=O)NCc3cnc(N4CCN(c5ncc(C(=O)N6CCN(c7ncc(C(=O)NCCCCn8nc(-c9ccc%10oc(N)nc%10c9)c9c(N)ncnc98)cn7)CC6)cn5)CC4)nc3)[C@H](OC)C2)CC(=O)[C@H](C)/C=C(\C)[C@@H](O)[C@@H](OC)C(=O)[C@H](C)C[C@H](C)/C=C/C=CC=C1C. The van der Waals surface area contributed by atoms with E-state index in [0.717, 1.165) is 16.0 Å². The van der Waals surface area contributed by atoms with Crippen molar-refractivity contribution in [1.82, 2.24) is 75.1 Å². The number of alkyl carbamates (subject to hydrolysis) is 1. The molecule has 0 spiro atoms. The molecule has 7 aromatic rings. The van der Waals surface area contributed by atoms with Crippen LogP contribution in [0.3, 0.4) is 0 Å². The zero-order valence-corrected chi connectivity index (χ0v) is 73.7. The first-order valence-corrected chi connectivity index (χ1v) is 44.0. The first-order chi connectivity index (χ1) is 61.2. The summed E-state index contributed by atoms with van der Waals surface area (Å²) in [5.41, 5.74) is 17.7. The van der Waals surface area contributed by atoms with Gasteiger partial charge in [0.2, 0.25) is 23.6 Å². The molecular weight excluding hydrogens is 1630 g/mol. The average molecular weight is 1750 g/mol. The molecule has 8 N–H and O–H groups in total. The highest BCUT2D eigenvalue weighted by molar-refractivity contribution is 6.39. The number of hydrogen-bond acceptors (Lipinski definition) is 32. The number of ether oxygens (including phenoxy) is 6. The van der Waals surface area contributed by atoms with E-state index in [0.29, 0.717) is 210 Å². The number of allylic oxidation sites excluding steroid dienone is 6. The van der Waals surface area contributed by atoms with Crippen LogP contribution in [0.2, 0.25) is 0 Å². The van der Waals surface area contributed by atoms with Gasteiger partial charge in [-0.2, -0.15) is 10.1 Å². The van der Waals surface area contributed by atoms with Crippen molar-refractivity contribution in [3.8, 4) is 11.3 Å². The van der Waals surface area contributed by atoms with E-state index in [9.17, 15) is 48.6 Å². The molecule has 127 heavy (non-hydrogen) atoms. The molecule has 14 atom stereocenters. The molecule has 1 aromatic carbocycles. The number of oxazole rings is 1. The fourth-order valence-corrected chi connectivity index (χ4v) is 17.8. The normalized spacial score (nSPS) is 26.6. The zero-order valence-electron chi connectivity index (χ0n) is 73.7. The molecule has 6 aromatic heterocycles. The maximum atomic E-state index is 14.8. The Morgan fingerprint density at radius 3 is 2.09 bits per heavy atom. The molecule has 0 radical (unpaired) electrons. The average Bonchev–Trinajstić information content (AvgIpc) is 1.60. The van der Waals surface area contributed by atoms with Crippen LogP contribution in [-0.4, -0.2) is 263 Å². The molecule has 5 aliphatic heterocycles. The maximum absolute atomic E-state index is 14.8. The van der Waals surface area contributed by atoms with E-state index in [-0.39, 0.29) is 80.0 Å². The van der Waals surface area contributed by atoms with Gasteiger partial charge in [-0.15, -0.1) is 0 Å². The molecular formula is C90H118N20O17. The van der Waals surface area contributed by atoms with Gasteiger partial charge in [0.1, 0.15) is 59.6 Å². The zero-order chi connectivity index (χ0) is 90.2. The summed E-state index contributed by atoms with van der Waals surface area (Å²) in [6.45, 7) is 15.9. The topological polar surface area (TPSA) is 472 Å². The Bertz CT molecular complexity index is 5150. The number of benzene rings is 1. The number of unbranched alkanes of at least 4 members (excludes halogenated alkanes) is 1. The van der Waals surface area contributed by atoms with Crippen LogP contribution < -0.4 is 36.8 Å². The van der Waals surface area contributed by atoms with Crippen molar-refractivity contribution < 1.29 is 81.4 Å². The molecule has 37 heteroatoms. The molecule has 13 rings (SSSR count). The van der Waals surface area contributed by atoms with Crippen LogP contribution in [0.1, 0.15) is 164 Å². The number of cyclic esters (lactones) is 1. The van der Waals surface area contributed by atoms with E-state index in [1.165, 1.54) is 25.8 Å². The predicted octanol–water partition coefficient (Wildman–Crippen LogP) is 7.85. The standard InChI is InChI=1S/C90H118N20O17/c1-53-18-11-10-12-19-54(2)70(121-7)43-64-20-17-26-90(120,127-64)78(114)83(117)109-28-15-13-21-66(109)84(118)124-71(44-67(111)55(3)39-58(6)76(113)77(123-9)75(112)57(5)38-53)56(4)40-59-22-24-69(72(41-59)122-8)126-89(119)100-47-60-45-94-86(95-46-60)107-34-36-108(37-35-107)88-98-50-63(51-99-88)82(116)105-30-32-106(33-31-105)87-96-48-62(49-97-87)81(115)93-27-14-16-29-110-80-73(79(91)101-52-102-80)74(104-110)61-23-25-68-65(42-61)103-85(92)125-68/h10-12,18-19,23,25,39,42,45-46,48-53,55-57,59,64,66,69-72,76-77,113,120H,13-17,20-22,24,26-38,40-41,43-44,47H2,1-9H3,(H2,92,103)(H,93,115)(H,100,119)(H2,91,101,102)/b12-10?,18-11+,54-19?,58-39+/t53-,55-,56-,57-,59+,64+,66+,69-,70+,71+,72-,76-,77+,90-/m1/s1. The smallest absolute Gasteiger partial charge is 0.407 e. The van der Waals surface area contributed by atoms with Crippen molar-refractivity contribution in [2.45, 2.75) is 206 Å². The summed E-state index contributed by atoms with van der Waals surface area (Å²) in [7, 11) is 4.48. The van der Waals surface area contributed by atoms with Gasteiger partial charge in [0.05, 0.1) is 34.8 Å². The Morgan fingerprint density at radius 1 is 0.717 bits per heavy atom. The second-order valence-corrected chi connectivity index (χ2v) is 34.2. The lowest BCUT2D eigenvalue weighted by atomic mass is 9.78. The number of aromatic nitrogens is 11. The third-order valence-corrected chi connectivity index (χ3v) is 25.1. The molecule has 11 heterocycles. The summed E-state index contributed by atoms with van der Waals surface area (Å²) in [5, 5.41) is 34.8. The van der Waals surface area contributed by atoms with Gasteiger partial charge in [-0.3, -0.25) is 28.8 Å². The van der Waals surface area contributed by atoms with E-state index in [2.05, 4.69) is 55.5 Å². The van der Waals surface area contributed by atoms with Crippen LogP contribution in [0.5, 0.6) is 0 Å². The molecule has 0 unspecified atom stereocenters. The molecule has 1 aliphatic carbocycles. The van der Waals surface area contributed by atoms with Gasteiger partial charge in [0.15, 0.2) is 17.0 Å². The number of ketones is 3. The molecule has 2 bridgehead atoms. The minimum Gasteiger partial charge on any atom is -0.460 e. The van der Waals surface area contributed by atoms with Crippen molar-refractivity contribution in [3.05, 3.63) is 126 Å². The quantitative estimate of drug-likeness (QED) is 0.0183. The molecule has 680 valence electrons. The molecule has 5 fully saturated rings. The third-order valence-electron chi connectivity index (χ3n) is 25.1. The van der Waals surface area contributed by atoms with Crippen LogP contribution in [0, 0.1) is 29.6 Å². The molecule has 37 nitrogen and oxygen atoms in total. The van der Waals surface area contributed by atoms with Gasteiger partial charge in [-0.05, 0) is 138 Å². The summed E-state index contributed by atoms with van der Waals surface area (Å²) in [4.78, 5) is 162. The number of piperidine rings is 1. The number of carbonyl (C=O) groups is 8. The first kappa shape index (κ1) is 93.0. The number of aliphatic hydroxyl groups is 2. The van der Waals surface area contributed by atoms with E-state index < -0.39 is 96.1 Å². The molecule has 1 saturated carbocycles. The van der Waals surface area contributed by atoms with Crippen molar-refractivity contribution in [2.75, 3.05) is 113 Å². The number of piperazine rings is 2. The van der Waals surface area contributed by atoms with Crippen LogP contribution in [0.15, 0.2) is 114 Å². The van der Waals surface area contributed by atoms with E-state index >= 15 is 0 Å². The van der Waals surface area contributed by atoms with Gasteiger partial charge >= 0.3 is 12.1 Å². The van der Waals surface area contributed by atoms with Crippen LogP contribution in [-0.2, 0) is 65.5 Å². The number of nitrogens with zero attached hydrogens (tertiary/aromatic N) is 16. The number of rotatable bonds is 20. The first-order valence-electron chi connectivity index (χ1n) is 44.0. The van der Waals surface area contributed by atoms with Gasteiger partial charge < -0.3 is 89.7 Å². The van der Waals surface area contributed by atoms with E-state index in [1.54, 1.807) is 81.5 Å². The minimum atomic E-state index is -2.45. The lowest BCUT2D eigenvalue weighted by Gasteiger charge is -2.40. The number of Topliss-reactive ketones (excluding diaryl/α,β-unsaturated/α-hetero) is 3. The number of anilines is 5. The Kier molecular flexibility index (Phi) is 31.3. The van der Waals surface area contributed by atoms with Gasteiger partial charge in [0, 0.05) is 179 Å². The lowest BCUT2D eigenvalue weighted by molar-refractivity contribution is -0.245. The van der Waals surface area contributed by atoms with Crippen LogP contribution >= 0.6 is 0 Å². The number of fused-ring (bicyclic) bond motifs is 5. The Morgan fingerprint density at radius 2 is 1.40 bits per heavy atom. The highest BCUT2D eigenvalue weighted by Crippen LogP contribution is 2.39. The van der Waals surface area contributed by atoms with Crippen molar-refractivity contribution in [3.63, 3.8) is 0 Å². The number of aliphatic hydroxyl groups excluding tert-OH is 1. The lowest BCUT2D eigenvalue weighted by Crippen LogP contribution is -2.58. The summed E-state index contributed by atoms with van der Waals surface area (Å²) in [6.07, 6.45) is 21.1. The number of carbonyl (C=O) groups excluding carboxylic acids is 8. The third kappa shape index (κ3) is 23.0. The number of methoxy groups -OCH3 is 3. The fraction of sp³-hybridized carbons (Fsp3) is 0.556. The number of esters is 1. The van der Waals surface area contributed by atoms with E-state index in [4.69, 9.17) is 49.4 Å². The maximum Gasteiger partial charge on any atom is 0.407 e. The highest BCUT2D eigenvalue weighted by Gasteiger charge is 2.50. The second-order valence-electron chi connectivity index (χ2n) is 34.2. The number of hydrogen-bond donors (Lipinski definition) is 6. The Balaban J connectivity index is 0.548. The summed E-state index contributed by atoms with van der Waals surface area (Å²) in [5.74, 6) is -6.73. The molecule has 4 saturated heterocycles. The predicted molar refractivity (Wildman–Crippen MR) is 469 cm³/mol. The highest BCUT2D eigenvalue weighted by atomic mass is 16.6. The molecule has 4 amide bonds. The number of nitrogen functional groups attached to an aromatic ring is 2. The number of nitrogens with two attached hydrogens (primary N) is 2. The number of nitrogens with one attached hydrogen (secondary N) is 2. The second kappa shape index (κ2) is 42.8. The fourth-order valence-electron chi connectivity index (χ4n) is 17.8. The van der Waals surface area contributed by atoms with Gasteiger partial charge in [-0.1, -0.05) is 64.2 Å². The Hall–Kier alpha value is -11.6. The van der Waals surface area contributed by atoms with Crippen LogP contribution in [0.4, 0.5) is 34.5 Å². The largest absolute Gasteiger partial charge is 0.460 e. The van der Waals surface area contributed by atoms with E-state index in [1.807, 2.05) is 78.0 Å². The van der Waals surface area contributed by atoms with Crippen molar-refractivity contribution in [2.24, 2.45) is 29.6 Å². The van der Waals surface area contributed by atoms with Gasteiger partial charge in [-0.25, -0.2) is 54.1 Å². The van der Waals surface area contributed by atoms with Crippen LogP contribution in [0.25, 0.3) is 33.4 Å². The Labute approximate surface area is 737 Å². The van der Waals surface area contributed by atoms with Crippen molar-refractivity contribution >= 4 is 98.9 Å². The summed E-state index contributed by atoms with van der Waals surface area (Å²) in [6, 6.07) is 4.31. The van der Waals surface area contributed by atoms with Crippen molar-refractivity contribution in [1.29, 1.82) is 0 Å².